The first-order chi connectivity index (χ1) is 12.0. The molecule has 3 rings (SSSR count). The van der Waals surface area contributed by atoms with E-state index in [2.05, 4.69) is 45.8 Å². The maximum atomic E-state index is 9.91. The van der Waals surface area contributed by atoms with Gasteiger partial charge >= 0.3 is 0 Å². The summed E-state index contributed by atoms with van der Waals surface area (Å²) in [7, 11) is 0. The lowest BCUT2D eigenvalue weighted by atomic mass is 10.1. The highest BCUT2D eigenvalue weighted by Gasteiger charge is 2.08. The number of anilines is 1. The standard InChI is InChI=1S/C20H24N4O/c1-14(2)20-21-9-10-24(20)13-16-5-4-6-17(11-16)22-12-18-19(25)8-7-15(3)23-18/h4-11,14,22,25H,12-13H2,1-3H3. The van der Waals surface area contributed by atoms with Gasteiger partial charge in [0.25, 0.3) is 0 Å². The number of hydrogen-bond acceptors (Lipinski definition) is 4. The van der Waals surface area contributed by atoms with E-state index < -0.39 is 0 Å². The van der Waals surface area contributed by atoms with Gasteiger partial charge in [0.15, 0.2) is 0 Å². The van der Waals surface area contributed by atoms with Crippen molar-refractivity contribution in [2.75, 3.05) is 5.32 Å². The Bertz CT molecular complexity index is 854. The summed E-state index contributed by atoms with van der Waals surface area (Å²) in [5.41, 5.74) is 3.75. The third-order valence-electron chi connectivity index (χ3n) is 4.09. The molecule has 3 aromatic rings. The molecule has 2 heterocycles. The molecule has 0 aliphatic rings. The second-order valence-corrected chi connectivity index (χ2v) is 6.54. The Hall–Kier alpha value is -2.82. The number of nitrogens with one attached hydrogen (secondary N) is 1. The van der Waals surface area contributed by atoms with Crippen LogP contribution in [-0.4, -0.2) is 19.6 Å². The van der Waals surface area contributed by atoms with Crippen molar-refractivity contribution in [3.05, 3.63) is 71.6 Å². The zero-order chi connectivity index (χ0) is 17.8. The second kappa shape index (κ2) is 7.38. The molecule has 0 bridgehead atoms. The highest BCUT2D eigenvalue weighted by Crippen LogP contribution is 2.19. The largest absolute Gasteiger partial charge is 0.506 e. The minimum Gasteiger partial charge on any atom is -0.506 e. The molecular weight excluding hydrogens is 312 g/mol. The number of rotatable bonds is 6. The van der Waals surface area contributed by atoms with Crippen molar-refractivity contribution in [2.45, 2.75) is 39.8 Å². The molecule has 0 spiro atoms. The molecule has 0 aliphatic heterocycles. The van der Waals surface area contributed by atoms with Crippen molar-refractivity contribution in [1.82, 2.24) is 14.5 Å². The molecule has 0 aliphatic carbocycles. The van der Waals surface area contributed by atoms with Gasteiger partial charge in [-0.05, 0) is 36.8 Å². The summed E-state index contributed by atoms with van der Waals surface area (Å²) in [6.45, 7) is 7.49. The van der Waals surface area contributed by atoms with Crippen LogP contribution < -0.4 is 5.32 Å². The average Bonchev–Trinajstić information content (AvgIpc) is 3.04. The van der Waals surface area contributed by atoms with Gasteiger partial charge in [-0.3, -0.25) is 4.98 Å². The maximum Gasteiger partial charge on any atom is 0.138 e. The van der Waals surface area contributed by atoms with Crippen molar-refractivity contribution in [1.29, 1.82) is 0 Å². The molecule has 25 heavy (non-hydrogen) atoms. The molecule has 1 aromatic carbocycles. The van der Waals surface area contributed by atoms with Gasteiger partial charge in [-0.15, -0.1) is 0 Å². The van der Waals surface area contributed by atoms with Gasteiger partial charge in [0.05, 0.1) is 6.54 Å². The number of aromatic nitrogens is 3. The predicted molar refractivity (Wildman–Crippen MR) is 99.8 cm³/mol. The summed E-state index contributed by atoms with van der Waals surface area (Å²) in [5.74, 6) is 1.70. The molecular formula is C20H24N4O. The number of aromatic hydroxyl groups is 1. The topological polar surface area (TPSA) is 63.0 Å². The molecule has 130 valence electrons. The highest BCUT2D eigenvalue weighted by atomic mass is 16.3. The molecule has 0 fully saturated rings. The average molecular weight is 336 g/mol. The van der Waals surface area contributed by atoms with E-state index >= 15 is 0 Å². The number of nitrogens with zero attached hydrogens (tertiary/aromatic N) is 3. The first-order valence-corrected chi connectivity index (χ1v) is 8.52. The zero-order valence-corrected chi connectivity index (χ0v) is 14.9. The Morgan fingerprint density at radius 2 is 2.04 bits per heavy atom. The van der Waals surface area contributed by atoms with E-state index in [9.17, 15) is 5.11 Å². The molecule has 0 radical (unpaired) electrons. The summed E-state index contributed by atoms with van der Waals surface area (Å²) in [6, 6.07) is 11.8. The minimum atomic E-state index is 0.217. The van der Waals surface area contributed by atoms with Crippen LogP contribution in [0.3, 0.4) is 0 Å². The number of aryl methyl sites for hydroxylation is 1. The molecule has 0 atom stereocenters. The molecule has 5 heteroatoms. The molecule has 5 nitrogen and oxygen atoms in total. The van der Waals surface area contributed by atoms with E-state index in [1.807, 2.05) is 31.5 Å². The van der Waals surface area contributed by atoms with E-state index in [-0.39, 0.29) is 5.75 Å². The number of pyridine rings is 1. The van der Waals surface area contributed by atoms with Gasteiger partial charge in [0.1, 0.15) is 17.3 Å². The molecule has 0 unspecified atom stereocenters. The monoisotopic (exact) mass is 336 g/mol. The number of benzene rings is 1. The second-order valence-electron chi connectivity index (χ2n) is 6.54. The van der Waals surface area contributed by atoms with Gasteiger partial charge in [-0.2, -0.15) is 0 Å². The Labute approximate surface area is 148 Å². The Kier molecular flexibility index (Phi) is 5.03. The summed E-state index contributed by atoms with van der Waals surface area (Å²) in [5, 5.41) is 13.2. The SMILES string of the molecule is Cc1ccc(O)c(CNc2cccc(Cn3ccnc3C(C)C)c2)n1. The van der Waals surface area contributed by atoms with Crippen LogP contribution in [0.25, 0.3) is 0 Å². The third kappa shape index (κ3) is 4.18. The predicted octanol–water partition coefficient (Wildman–Crippen LogP) is 4.08. The van der Waals surface area contributed by atoms with Crippen LogP contribution >= 0.6 is 0 Å². The van der Waals surface area contributed by atoms with Gasteiger partial charge in [0.2, 0.25) is 0 Å². The zero-order valence-electron chi connectivity index (χ0n) is 14.9. The van der Waals surface area contributed by atoms with Crippen molar-refractivity contribution in [2.24, 2.45) is 0 Å². The Balaban J connectivity index is 1.71. The first-order valence-electron chi connectivity index (χ1n) is 8.52. The van der Waals surface area contributed by atoms with Crippen LogP contribution in [0.5, 0.6) is 5.75 Å². The molecule has 2 N–H and O–H groups in total. The molecule has 0 saturated heterocycles. The summed E-state index contributed by atoms with van der Waals surface area (Å²) in [6.07, 6.45) is 3.87. The normalized spacial score (nSPS) is 11.0. The van der Waals surface area contributed by atoms with Crippen LogP contribution in [0.4, 0.5) is 5.69 Å². The van der Waals surface area contributed by atoms with Crippen LogP contribution in [0.2, 0.25) is 0 Å². The lowest BCUT2D eigenvalue weighted by molar-refractivity contribution is 0.464. The van der Waals surface area contributed by atoms with Crippen molar-refractivity contribution in [3.63, 3.8) is 0 Å². The summed E-state index contributed by atoms with van der Waals surface area (Å²) >= 11 is 0. The van der Waals surface area contributed by atoms with Crippen molar-refractivity contribution < 1.29 is 5.11 Å². The Morgan fingerprint density at radius 1 is 1.20 bits per heavy atom. The first kappa shape index (κ1) is 17.0. The Morgan fingerprint density at radius 3 is 2.84 bits per heavy atom. The number of hydrogen-bond donors (Lipinski definition) is 2. The van der Waals surface area contributed by atoms with Gasteiger partial charge in [-0.1, -0.05) is 26.0 Å². The van der Waals surface area contributed by atoms with Crippen LogP contribution in [0.1, 0.15) is 42.5 Å². The fourth-order valence-corrected chi connectivity index (χ4v) is 2.85. The quantitative estimate of drug-likeness (QED) is 0.712. The number of imidazole rings is 1. The third-order valence-corrected chi connectivity index (χ3v) is 4.09. The van der Waals surface area contributed by atoms with Crippen LogP contribution in [-0.2, 0) is 13.1 Å². The highest BCUT2D eigenvalue weighted by molar-refractivity contribution is 5.46. The minimum absolute atomic E-state index is 0.217. The summed E-state index contributed by atoms with van der Waals surface area (Å²) < 4.78 is 2.18. The van der Waals surface area contributed by atoms with E-state index in [1.54, 1.807) is 12.1 Å². The van der Waals surface area contributed by atoms with E-state index in [4.69, 9.17) is 0 Å². The van der Waals surface area contributed by atoms with E-state index in [0.717, 1.165) is 23.8 Å². The maximum absolute atomic E-state index is 9.91. The molecule has 2 aromatic heterocycles. The lowest BCUT2D eigenvalue weighted by Gasteiger charge is -2.12. The van der Waals surface area contributed by atoms with E-state index in [1.165, 1.54) is 5.56 Å². The fourth-order valence-electron chi connectivity index (χ4n) is 2.85. The van der Waals surface area contributed by atoms with Gasteiger partial charge in [-0.25, -0.2) is 4.98 Å². The smallest absolute Gasteiger partial charge is 0.138 e. The van der Waals surface area contributed by atoms with E-state index in [0.29, 0.717) is 18.2 Å². The van der Waals surface area contributed by atoms with Gasteiger partial charge < -0.3 is 15.0 Å². The van der Waals surface area contributed by atoms with Gasteiger partial charge in [0, 0.05) is 36.2 Å². The van der Waals surface area contributed by atoms with Crippen LogP contribution in [0, 0.1) is 6.92 Å². The lowest BCUT2D eigenvalue weighted by Crippen LogP contribution is -2.07. The fraction of sp³-hybridized carbons (Fsp3) is 0.300. The van der Waals surface area contributed by atoms with Crippen molar-refractivity contribution in [3.8, 4) is 5.75 Å². The molecule has 0 amide bonds. The van der Waals surface area contributed by atoms with Crippen molar-refractivity contribution >= 4 is 5.69 Å². The van der Waals surface area contributed by atoms with Crippen LogP contribution in [0.15, 0.2) is 48.8 Å². The molecule has 0 saturated carbocycles. The summed E-state index contributed by atoms with van der Waals surface area (Å²) in [4.78, 5) is 8.82.